The highest BCUT2D eigenvalue weighted by Crippen LogP contribution is 2.18. The molecule has 0 saturated carbocycles. The first-order valence-corrected chi connectivity index (χ1v) is 10.3. The van der Waals surface area contributed by atoms with Crippen LogP contribution in [0.5, 0.6) is 5.75 Å². The van der Waals surface area contributed by atoms with Crippen molar-refractivity contribution in [2.24, 2.45) is 0 Å². The van der Waals surface area contributed by atoms with Crippen LogP contribution < -0.4 is 14.4 Å². The summed E-state index contributed by atoms with van der Waals surface area (Å²) in [6, 6.07) is 15.9. The molecule has 8 heteroatoms. The molecule has 0 fully saturated rings. The average molecular weight is 406 g/mol. The van der Waals surface area contributed by atoms with Crippen LogP contribution in [-0.4, -0.2) is 51.9 Å². The lowest BCUT2D eigenvalue weighted by Gasteiger charge is -2.27. The number of rotatable bonds is 9. The van der Waals surface area contributed by atoms with E-state index in [0.717, 1.165) is 14.2 Å². The van der Waals surface area contributed by atoms with Gasteiger partial charge in [0, 0.05) is 14.1 Å². The Morgan fingerprint density at radius 1 is 1.07 bits per heavy atom. The number of nitrogens with zero attached hydrogens (tertiary/aromatic N) is 2. The fourth-order valence-electron chi connectivity index (χ4n) is 2.45. The summed E-state index contributed by atoms with van der Waals surface area (Å²) < 4.78 is 33.1. The number of aryl methyl sites for hydroxylation is 1. The monoisotopic (exact) mass is 405 g/mol. The molecule has 0 aliphatic rings. The SMILES string of the molecule is Cc1ccc(OC[C@H](C)NC(=O)CN(c2ccccc2)S(=O)(=O)N(C)C)cc1. The van der Waals surface area contributed by atoms with Crippen LogP contribution in [0.3, 0.4) is 0 Å². The predicted molar refractivity (Wildman–Crippen MR) is 111 cm³/mol. The van der Waals surface area contributed by atoms with Crippen LogP contribution in [0.1, 0.15) is 12.5 Å². The molecule has 7 nitrogen and oxygen atoms in total. The Labute approximate surface area is 167 Å². The van der Waals surface area contributed by atoms with Gasteiger partial charge in [0.15, 0.2) is 0 Å². The molecule has 2 aromatic rings. The van der Waals surface area contributed by atoms with E-state index in [1.165, 1.54) is 14.1 Å². The molecule has 1 atom stereocenters. The number of para-hydroxylation sites is 1. The topological polar surface area (TPSA) is 79.0 Å². The first-order chi connectivity index (χ1) is 13.2. The standard InChI is InChI=1S/C20H27N3O4S/c1-16-10-12-19(13-11-16)27-15-17(2)21-20(24)14-23(28(25,26)22(3)4)18-8-6-5-7-9-18/h5-13,17H,14-15H2,1-4H3,(H,21,24)/t17-/m0/s1. The van der Waals surface area contributed by atoms with Crippen LogP contribution >= 0.6 is 0 Å². The molecule has 0 aliphatic carbocycles. The van der Waals surface area contributed by atoms with E-state index < -0.39 is 16.1 Å². The van der Waals surface area contributed by atoms with Crippen molar-refractivity contribution in [3.8, 4) is 5.75 Å². The van der Waals surface area contributed by atoms with Gasteiger partial charge in [-0.1, -0.05) is 35.9 Å². The number of carbonyl (C=O) groups is 1. The Balaban J connectivity index is 2.00. The van der Waals surface area contributed by atoms with Gasteiger partial charge in [-0.15, -0.1) is 0 Å². The third-order valence-corrected chi connectivity index (χ3v) is 5.82. The highest BCUT2D eigenvalue weighted by atomic mass is 32.2. The van der Waals surface area contributed by atoms with Crippen molar-refractivity contribution in [1.29, 1.82) is 0 Å². The summed E-state index contributed by atoms with van der Waals surface area (Å²) in [4.78, 5) is 12.5. The van der Waals surface area contributed by atoms with Gasteiger partial charge < -0.3 is 10.1 Å². The number of ether oxygens (including phenoxy) is 1. The van der Waals surface area contributed by atoms with E-state index in [2.05, 4.69) is 5.32 Å². The fourth-order valence-corrected chi connectivity index (χ4v) is 3.51. The third kappa shape index (κ3) is 5.97. The van der Waals surface area contributed by atoms with Crippen molar-refractivity contribution in [2.75, 3.05) is 31.6 Å². The highest BCUT2D eigenvalue weighted by Gasteiger charge is 2.27. The van der Waals surface area contributed by atoms with Gasteiger partial charge in [0.1, 0.15) is 18.9 Å². The van der Waals surface area contributed by atoms with E-state index in [9.17, 15) is 13.2 Å². The van der Waals surface area contributed by atoms with E-state index in [1.807, 2.05) is 31.2 Å². The minimum Gasteiger partial charge on any atom is -0.491 e. The summed E-state index contributed by atoms with van der Waals surface area (Å²) in [5.41, 5.74) is 1.56. The van der Waals surface area contributed by atoms with Crippen molar-refractivity contribution < 1.29 is 17.9 Å². The zero-order valence-electron chi connectivity index (χ0n) is 16.6. The lowest BCUT2D eigenvalue weighted by atomic mass is 10.2. The molecule has 0 aliphatic heterocycles. The zero-order chi connectivity index (χ0) is 20.7. The molecule has 0 bridgehead atoms. The van der Waals surface area contributed by atoms with Gasteiger partial charge >= 0.3 is 10.2 Å². The first kappa shape index (κ1) is 21.7. The maximum atomic E-state index is 12.6. The average Bonchev–Trinajstić information content (AvgIpc) is 2.66. The summed E-state index contributed by atoms with van der Waals surface area (Å²) in [7, 11) is -0.944. The molecule has 2 rings (SSSR count). The number of amides is 1. The van der Waals surface area contributed by atoms with Crippen molar-refractivity contribution in [3.05, 3.63) is 60.2 Å². The molecule has 0 unspecified atom stereocenters. The Hall–Kier alpha value is -2.58. The van der Waals surface area contributed by atoms with Crippen LogP contribution in [0, 0.1) is 6.92 Å². The molecule has 0 spiro atoms. The van der Waals surface area contributed by atoms with Gasteiger partial charge in [0.25, 0.3) is 0 Å². The maximum Gasteiger partial charge on any atom is 0.304 e. The number of hydrogen-bond donors (Lipinski definition) is 1. The minimum absolute atomic E-state index is 0.278. The highest BCUT2D eigenvalue weighted by molar-refractivity contribution is 7.90. The molecular formula is C20H27N3O4S. The van der Waals surface area contributed by atoms with Gasteiger partial charge in [-0.2, -0.15) is 12.7 Å². The third-order valence-electron chi connectivity index (χ3n) is 4.00. The second kappa shape index (κ2) is 9.57. The van der Waals surface area contributed by atoms with Crippen molar-refractivity contribution >= 4 is 21.8 Å². The van der Waals surface area contributed by atoms with Gasteiger partial charge in [-0.25, -0.2) is 4.31 Å². The van der Waals surface area contributed by atoms with E-state index in [-0.39, 0.29) is 19.2 Å². The Morgan fingerprint density at radius 2 is 1.68 bits per heavy atom. The molecule has 152 valence electrons. The van der Waals surface area contributed by atoms with Crippen molar-refractivity contribution in [2.45, 2.75) is 19.9 Å². The normalized spacial score (nSPS) is 12.5. The van der Waals surface area contributed by atoms with E-state index in [4.69, 9.17) is 4.74 Å². The lowest BCUT2D eigenvalue weighted by molar-refractivity contribution is -0.120. The second-order valence-electron chi connectivity index (χ2n) is 6.72. The predicted octanol–water partition coefficient (Wildman–Crippen LogP) is 2.19. The quantitative estimate of drug-likeness (QED) is 0.694. The van der Waals surface area contributed by atoms with Crippen LogP contribution in [0.25, 0.3) is 0 Å². The van der Waals surface area contributed by atoms with Gasteiger partial charge in [-0.05, 0) is 38.1 Å². The first-order valence-electron chi connectivity index (χ1n) is 8.94. The molecule has 1 amide bonds. The van der Waals surface area contributed by atoms with Gasteiger partial charge in [0.2, 0.25) is 5.91 Å². The summed E-state index contributed by atoms with van der Waals surface area (Å²) in [6.07, 6.45) is 0. The number of nitrogens with one attached hydrogen (secondary N) is 1. The second-order valence-corrected chi connectivity index (χ2v) is 8.79. The number of carbonyl (C=O) groups excluding carboxylic acids is 1. The molecule has 0 heterocycles. The molecular weight excluding hydrogens is 378 g/mol. The van der Waals surface area contributed by atoms with E-state index >= 15 is 0 Å². The Morgan fingerprint density at radius 3 is 2.25 bits per heavy atom. The smallest absolute Gasteiger partial charge is 0.304 e. The molecule has 28 heavy (non-hydrogen) atoms. The van der Waals surface area contributed by atoms with Crippen LogP contribution in [0.15, 0.2) is 54.6 Å². The van der Waals surface area contributed by atoms with Crippen molar-refractivity contribution in [3.63, 3.8) is 0 Å². The maximum absolute atomic E-state index is 12.6. The zero-order valence-corrected chi connectivity index (χ0v) is 17.4. The van der Waals surface area contributed by atoms with E-state index in [0.29, 0.717) is 11.4 Å². The number of anilines is 1. The lowest BCUT2D eigenvalue weighted by Crippen LogP contribution is -2.48. The summed E-state index contributed by atoms with van der Waals surface area (Å²) in [5.74, 6) is 0.307. The minimum atomic E-state index is -3.81. The van der Waals surface area contributed by atoms with Crippen LogP contribution in [0.4, 0.5) is 5.69 Å². The summed E-state index contributed by atoms with van der Waals surface area (Å²) in [5, 5.41) is 2.78. The Kier molecular flexibility index (Phi) is 7.42. The molecule has 2 aromatic carbocycles. The summed E-state index contributed by atoms with van der Waals surface area (Å²) in [6.45, 7) is 3.76. The van der Waals surface area contributed by atoms with E-state index in [1.54, 1.807) is 37.3 Å². The van der Waals surface area contributed by atoms with Crippen LogP contribution in [-0.2, 0) is 15.0 Å². The largest absolute Gasteiger partial charge is 0.491 e. The van der Waals surface area contributed by atoms with Gasteiger partial charge in [0.05, 0.1) is 11.7 Å². The number of benzene rings is 2. The molecule has 0 saturated heterocycles. The fraction of sp³-hybridized carbons (Fsp3) is 0.350. The van der Waals surface area contributed by atoms with Gasteiger partial charge in [-0.3, -0.25) is 4.79 Å². The van der Waals surface area contributed by atoms with Crippen LogP contribution in [0.2, 0.25) is 0 Å². The Bertz CT molecular complexity index is 868. The molecule has 1 N–H and O–H groups in total. The molecule has 0 radical (unpaired) electrons. The number of hydrogen-bond acceptors (Lipinski definition) is 4. The molecule has 0 aromatic heterocycles. The summed E-state index contributed by atoms with van der Waals surface area (Å²) >= 11 is 0. The van der Waals surface area contributed by atoms with Crippen molar-refractivity contribution in [1.82, 2.24) is 9.62 Å².